The van der Waals surface area contributed by atoms with Crippen LogP contribution < -0.4 is 10.6 Å². The highest BCUT2D eigenvalue weighted by Gasteiger charge is 2.36. The van der Waals surface area contributed by atoms with E-state index in [4.69, 9.17) is 17.0 Å². The Balaban J connectivity index is 1.81. The van der Waals surface area contributed by atoms with Crippen molar-refractivity contribution in [2.45, 2.75) is 45.1 Å². The van der Waals surface area contributed by atoms with Gasteiger partial charge >= 0.3 is 5.97 Å². The molecule has 2 N–H and O–H groups in total. The second-order valence-corrected chi connectivity index (χ2v) is 7.67. The van der Waals surface area contributed by atoms with Crippen molar-refractivity contribution in [3.05, 3.63) is 64.7 Å². The van der Waals surface area contributed by atoms with E-state index >= 15 is 0 Å². The number of carbonyl (C=O) groups is 1. The van der Waals surface area contributed by atoms with E-state index in [-0.39, 0.29) is 11.5 Å². The molecule has 0 aromatic heterocycles. The van der Waals surface area contributed by atoms with Crippen LogP contribution in [0.15, 0.2) is 42.5 Å². The van der Waals surface area contributed by atoms with Crippen molar-refractivity contribution < 1.29 is 9.53 Å². The lowest BCUT2D eigenvalue weighted by Crippen LogP contribution is -2.45. The lowest BCUT2D eigenvalue weighted by Gasteiger charge is -2.33. The standard InChI is InChI=1S/C22H26N2O2S/c1-15-7-6-8-18(13-15)22(11-4-5-12-22)24-21(27)23-19-14-17(20(25)26-3)10-9-16(19)2/h6-10,13-14H,4-5,11-12H2,1-3H3,(H2,23,24,27). The molecule has 1 aliphatic rings. The Labute approximate surface area is 166 Å². The van der Waals surface area contributed by atoms with Crippen LogP contribution in [0.1, 0.15) is 52.7 Å². The Morgan fingerprint density at radius 3 is 2.52 bits per heavy atom. The van der Waals surface area contributed by atoms with Crippen LogP contribution in [0.25, 0.3) is 0 Å². The molecule has 0 heterocycles. The van der Waals surface area contributed by atoms with E-state index in [0.717, 1.165) is 24.1 Å². The number of benzene rings is 2. The molecule has 5 heteroatoms. The molecule has 0 radical (unpaired) electrons. The molecule has 1 aliphatic carbocycles. The minimum Gasteiger partial charge on any atom is -0.465 e. The predicted molar refractivity (Wildman–Crippen MR) is 113 cm³/mol. The average molecular weight is 383 g/mol. The number of ether oxygens (including phenoxy) is 1. The molecule has 1 saturated carbocycles. The van der Waals surface area contributed by atoms with Crippen molar-refractivity contribution >= 4 is 29.0 Å². The van der Waals surface area contributed by atoms with Crippen molar-refractivity contribution in [2.24, 2.45) is 0 Å². The summed E-state index contributed by atoms with van der Waals surface area (Å²) in [5.41, 5.74) is 4.73. The van der Waals surface area contributed by atoms with Crippen LogP contribution in [0.5, 0.6) is 0 Å². The van der Waals surface area contributed by atoms with Crippen LogP contribution in [0.2, 0.25) is 0 Å². The minimum atomic E-state index is -0.357. The molecule has 4 nitrogen and oxygen atoms in total. The smallest absolute Gasteiger partial charge is 0.337 e. The topological polar surface area (TPSA) is 50.4 Å². The van der Waals surface area contributed by atoms with Crippen molar-refractivity contribution in [1.82, 2.24) is 5.32 Å². The number of aryl methyl sites for hydroxylation is 2. The zero-order valence-corrected chi connectivity index (χ0v) is 16.9. The van der Waals surface area contributed by atoms with Crippen LogP contribution in [-0.4, -0.2) is 18.2 Å². The summed E-state index contributed by atoms with van der Waals surface area (Å²) in [6.07, 6.45) is 4.47. The van der Waals surface area contributed by atoms with Gasteiger partial charge in [0.15, 0.2) is 5.11 Å². The van der Waals surface area contributed by atoms with Gasteiger partial charge in [0.25, 0.3) is 0 Å². The molecule has 2 aromatic rings. The molecule has 0 saturated heterocycles. The number of methoxy groups -OCH3 is 1. The number of anilines is 1. The Hall–Kier alpha value is -2.40. The first-order valence-corrected chi connectivity index (χ1v) is 9.70. The molecule has 0 amide bonds. The molecular weight excluding hydrogens is 356 g/mol. The van der Waals surface area contributed by atoms with E-state index in [9.17, 15) is 4.79 Å². The molecule has 3 rings (SSSR count). The molecule has 0 aliphatic heterocycles. The molecule has 2 aromatic carbocycles. The summed E-state index contributed by atoms with van der Waals surface area (Å²) in [6, 6.07) is 14.1. The summed E-state index contributed by atoms with van der Waals surface area (Å²) in [6.45, 7) is 4.10. The van der Waals surface area contributed by atoms with Gasteiger partial charge in [-0.25, -0.2) is 4.79 Å². The zero-order valence-electron chi connectivity index (χ0n) is 16.1. The minimum absolute atomic E-state index is 0.135. The van der Waals surface area contributed by atoms with Crippen molar-refractivity contribution in [3.8, 4) is 0 Å². The number of nitrogens with one attached hydrogen (secondary N) is 2. The number of esters is 1. The molecule has 0 atom stereocenters. The van der Waals surface area contributed by atoms with Gasteiger partial charge in [0.1, 0.15) is 0 Å². The molecular formula is C22H26N2O2S. The predicted octanol–water partition coefficient (Wildman–Crippen LogP) is 4.85. The van der Waals surface area contributed by atoms with E-state index in [1.54, 1.807) is 12.1 Å². The Morgan fingerprint density at radius 2 is 1.85 bits per heavy atom. The van der Waals surface area contributed by atoms with Gasteiger partial charge in [0.05, 0.1) is 18.2 Å². The lowest BCUT2D eigenvalue weighted by molar-refractivity contribution is 0.0601. The van der Waals surface area contributed by atoms with E-state index in [0.29, 0.717) is 10.7 Å². The Bertz CT molecular complexity index is 857. The van der Waals surface area contributed by atoms with Crippen LogP contribution in [0, 0.1) is 13.8 Å². The van der Waals surface area contributed by atoms with E-state index in [1.165, 1.54) is 31.1 Å². The average Bonchev–Trinajstić information content (AvgIpc) is 3.12. The molecule has 0 bridgehead atoms. The van der Waals surface area contributed by atoms with Gasteiger partial charge in [-0.2, -0.15) is 0 Å². The summed E-state index contributed by atoms with van der Waals surface area (Å²) in [7, 11) is 1.38. The van der Waals surface area contributed by atoms with Crippen LogP contribution in [0.4, 0.5) is 5.69 Å². The molecule has 142 valence electrons. The van der Waals surface area contributed by atoms with Gasteiger partial charge in [-0.05, 0) is 62.2 Å². The van der Waals surface area contributed by atoms with Crippen molar-refractivity contribution in [3.63, 3.8) is 0 Å². The number of thiocarbonyl (C=S) groups is 1. The molecule has 1 fully saturated rings. The second-order valence-electron chi connectivity index (χ2n) is 7.26. The number of carbonyl (C=O) groups excluding carboxylic acids is 1. The lowest BCUT2D eigenvalue weighted by atomic mass is 9.87. The number of hydrogen-bond acceptors (Lipinski definition) is 3. The largest absolute Gasteiger partial charge is 0.465 e. The van der Waals surface area contributed by atoms with Gasteiger partial charge in [-0.3, -0.25) is 0 Å². The van der Waals surface area contributed by atoms with Gasteiger partial charge in [-0.15, -0.1) is 0 Å². The summed E-state index contributed by atoms with van der Waals surface area (Å²) >= 11 is 5.64. The third-order valence-electron chi connectivity index (χ3n) is 5.29. The quantitative estimate of drug-likeness (QED) is 0.585. The molecule has 27 heavy (non-hydrogen) atoms. The van der Waals surface area contributed by atoms with E-state index in [2.05, 4.69) is 41.8 Å². The molecule has 0 spiro atoms. The normalized spacial score (nSPS) is 15.2. The van der Waals surface area contributed by atoms with Gasteiger partial charge < -0.3 is 15.4 Å². The van der Waals surface area contributed by atoms with Crippen LogP contribution in [0.3, 0.4) is 0 Å². The summed E-state index contributed by atoms with van der Waals surface area (Å²) < 4.78 is 4.81. The second kappa shape index (κ2) is 8.09. The number of hydrogen-bond donors (Lipinski definition) is 2. The highest BCUT2D eigenvalue weighted by Crippen LogP contribution is 2.39. The monoisotopic (exact) mass is 382 g/mol. The maximum atomic E-state index is 11.8. The Kier molecular flexibility index (Phi) is 5.80. The SMILES string of the molecule is COC(=O)c1ccc(C)c(NC(=S)NC2(c3cccc(C)c3)CCCC2)c1. The first kappa shape index (κ1) is 19.4. The fraction of sp³-hybridized carbons (Fsp3) is 0.364. The Morgan fingerprint density at radius 1 is 1.11 bits per heavy atom. The van der Waals surface area contributed by atoms with Crippen LogP contribution in [-0.2, 0) is 10.3 Å². The first-order chi connectivity index (χ1) is 12.9. The van der Waals surface area contributed by atoms with Gasteiger partial charge in [-0.1, -0.05) is 48.7 Å². The van der Waals surface area contributed by atoms with Gasteiger partial charge in [0.2, 0.25) is 0 Å². The molecule has 0 unspecified atom stereocenters. The third-order valence-corrected chi connectivity index (χ3v) is 5.49. The van der Waals surface area contributed by atoms with Crippen molar-refractivity contribution in [1.29, 1.82) is 0 Å². The highest BCUT2D eigenvalue weighted by molar-refractivity contribution is 7.80. The third kappa shape index (κ3) is 4.30. The maximum absolute atomic E-state index is 11.8. The first-order valence-electron chi connectivity index (χ1n) is 9.29. The van der Waals surface area contributed by atoms with Crippen molar-refractivity contribution in [2.75, 3.05) is 12.4 Å². The number of rotatable bonds is 4. The maximum Gasteiger partial charge on any atom is 0.337 e. The van der Waals surface area contributed by atoms with E-state index < -0.39 is 0 Å². The van der Waals surface area contributed by atoms with E-state index in [1.807, 2.05) is 13.0 Å². The summed E-state index contributed by atoms with van der Waals surface area (Å²) in [4.78, 5) is 11.8. The fourth-order valence-corrected chi connectivity index (χ4v) is 4.08. The zero-order chi connectivity index (χ0) is 19.4. The van der Waals surface area contributed by atoms with Gasteiger partial charge in [0, 0.05) is 5.69 Å². The fourth-order valence-electron chi connectivity index (χ4n) is 3.78. The summed E-state index contributed by atoms with van der Waals surface area (Å²) in [5, 5.41) is 7.43. The van der Waals surface area contributed by atoms with Crippen LogP contribution >= 0.6 is 12.2 Å². The highest BCUT2D eigenvalue weighted by atomic mass is 32.1. The summed E-state index contributed by atoms with van der Waals surface area (Å²) in [5.74, 6) is -0.357.